The third-order valence-electron chi connectivity index (χ3n) is 2.82. The van der Waals surface area contributed by atoms with Gasteiger partial charge in [0.2, 0.25) is 0 Å². The molecule has 0 aliphatic carbocycles. The van der Waals surface area contributed by atoms with Gasteiger partial charge in [0, 0.05) is 15.1 Å². The molecule has 0 radical (unpaired) electrons. The number of benzene rings is 2. The van der Waals surface area contributed by atoms with E-state index < -0.39 is 9.84 Å². The SMILES string of the molecule is COc1cccc(S(=O)(=O)CCSc2cccc(Br)c2)c1. The van der Waals surface area contributed by atoms with Gasteiger partial charge in [-0.3, -0.25) is 0 Å². The predicted octanol–water partition coefficient (Wildman–Crippen LogP) is 4.02. The standard InChI is InChI=1S/C15H15BrO3S2/c1-19-13-5-3-7-15(11-13)21(17,18)9-8-20-14-6-2-4-12(16)10-14/h2-7,10-11H,8-9H2,1H3. The summed E-state index contributed by atoms with van der Waals surface area (Å²) < 4.78 is 30.6. The van der Waals surface area contributed by atoms with Gasteiger partial charge in [0.25, 0.3) is 0 Å². The van der Waals surface area contributed by atoms with Crippen molar-refractivity contribution >= 4 is 37.5 Å². The summed E-state index contributed by atoms with van der Waals surface area (Å²) in [4.78, 5) is 1.35. The van der Waals surface area contributed by atoms with Crippen molar-refractivity contribution in [3.8, 4) is 5.75 Å². The van der Waals surface area contributed by atoms with Crippen LogP contribution in [0.5, 0.6) is 5.75 Å². The molecule has 0 heterocycles. The first-order valence-electron chi connectivity index (χ1n) is 6.26. The van der Waals surface area contributed by atoms with Crippen LogP contribution in [0.15, 0.2) is 62.8 Å². The maximum Gasteiger partial charge on any atom is 0.179 e. The molecule has 3 nitrogen and oxygen atoms in total. The molecule has 0 unspecified atom stereocenters. The van der Waals surface area contributed by atoms with Gasteiger partial charge in [-0.1, -0.05) is 28.1 Å². The second-order valence-corrected chi connectivity index (χ2v) is 8.50. The molecule has 0 fully saturated rings. The Kier molecular flexibility index (Phi) is 5.72. The Bertz CT molecular complexity index is 714. The van der Waals surface area contributed by atoms with Crippen LogP contribution in [0.3, 0.4) is 0 Å². The van der Waals surface area contributed by atoms with Crippen molar-refractivity contribution < 1.29 is 13.2 Å². The van der Waals surface area contributed by atoms with Crippen molar-refractivity contribution in [2.75, 3.05) is 18.6 Å². The minimum Gasteiger partial charge on any atom is -0.497 e. The minimum atomic E-state index is -3.29. The molecule has 0 saturated heterocycles. The van der Waals surface area contributed by atoms with Crippen molar-refractivity contribution in [1.29, 1.82) is 0 Å². The topological polar surface area (TPSA) is 43.4 Å². The van der Waals surface area contributed by atoms with Crippen LogP contribution in [0.4, 0.5) is 0 Å². The quantitative estimate of drug-likeness (QED) is 0.703. The second-order valence-electron chi connectivity index (χ2n) is 4.30. The lowest BCUT2D eigenvalue weighted by Crippen LogP contribution is -2.09. The molecule has 2 rings (SSSR count). The zero-order valence-corrected chi connectivity index (χ0v) is 14.7. The van der Waals surface area contributed by atoms with Gasteiger partial charge in [-0.05, 0) is 36.4 Å². The first-order valence-corrected chi connectivity index (χ1v) is 9.69. The Morgan fingerprint density at radius 1 is 1.14 bits per heavy atom. The van der Waals surface area contributed by atoms with Gasteiger partial charge in [-0.25, -0.2) is 8.42 Å². The summed E-state index contributed by atoms with van der Waals surface area (Å²) in [7, 11) is -1.76. The number of thioether (sulfide) groups is 1. The normalized spacial score (nSPS) is 11.3. The number of rotatable bonds is 6. The van der Waals surface area contributed by atoms with Crippen LogP contribution in [-0.4, -0.2) is 27.0 Å². The molecule has 21 heavy (non-hydrogen) atoms. The molecule has 6 heteroatoms. The minimum absolute atomic E-state index is 0.0946. The molecular weight excluding hydrogens is 372 g/mol. The highest BCUT2D eigenvalue weighted by molar-refractivity contribution is 9.10. The van der Waals surface area contributed by atoms with E-state index in [4.69, 9.17) is 4.74 Å². The van der Waals surface area contributed by atoms with Gasteiger partial charge in [0.05, 0.1) is 17.8 Å². The van der Waals surface area contributed by atoms with Crippen LogP contribution in [-0.2, 0) is 9.84 Å². The van der Waals surface area contributed by atoms with E-state index in [1.54, 1.807) is 24.3 Å². The lowest BCUT2D eigenvalue weighted by Gasteiger charge is -2.06. The highest BCUT2D eigenvalue weighted by Crippen LogP contribution is 2.24. The average Bonchev–Trinajstić information content (AvgIpc) is 2.47. The van der Waals surface area contributed by atoms with Crippen molar-refractivity contribution in [3.05, 3.63) is 53.0 Å². The fourth-order valence-electron chi connectivity index (χ4n) is 1.74. The first kappa shape index (κ1) is 16.4. The Hall–Kier alpha value is -0.980. The number of ether oxygens (including phenoxy) is 1. The van der Waals surface area contributed by atoms with E-state index in [0.29, 0.717) is 16.4 Å². The van der Waals surface area contributed by atoms with Gasteiger partial charge in [-0.15, -0.1) is 11.8 Å². The van der Waals surface area contributed by atoms with E-state index in [1.165, 1.54) is 18.9 Å². The Morgan fingerprint density at radius 2 is 1.90 bits per heavy atom. The van der Waals surface area contributed by atoms with Crippen LogP contribution >= 0.6 is 27.7 Å². The molecule has 0 aliphatic rings. The van der Waals surface area contributed by atoms with Crippen LogP contribution in [0.25, 0.3) is 0 Å². The average molecular weight is 387 g/mol. The number of sulfone groups is 1. The van der Waals surface area contributed by atoms with Gasteiger partial charge in [0.15, 0.2) is 9.84 Å². The molecule has 0 amide bonds. The lowest BCUT2D eigenvalue weighted by molar-refractivity contribution is 0.413. The Morgan fingerprint density at radius 3 is 2.62 bits per heavy atom. The largest absolute Gasteiger partial charge is 0.497 e. The van der Waals surface area contributed by atoms with Crippen LogP contribution in [0.1, 0.15) is 0 Å². The summed E-state index contributed by atoms with van der Waals surface area (Å²) in [6.07, 6.45) is 0. The van der Waals surface area contributed by atoms with Gasteiger partial charge >= 0.3 is 0 Å². The smallest absolute Gasteiger partial charge is 0.179 e. The molecular formula is C15H15BrO3S2. The van der Waals surface area contributed by atoms with Crippen molar-refractivity contribution in [2.45, 2.75) is 9.79 Å². The molecule has 0 spiro atoms. The van der Waals surface area contributed by atoms with Crippen LogP contribution in [0.2, 0.25) is 0 Å². The molecule has 2 aromatic carbocycles. The molecule has 0 atom stereocenters. The molecule has 0 aliphatic heterocycles. The molecule has 0 aromatic heterocycles. The maximum absolute atomic E-state index is 12.3. The maximum atomic E-state index is 12.3. The van der Waals surface area contributed by atoms with Crippen LogP contribution in [0, 0.1) is 0 Å². The highest BCUT2D eigenvalue weighted by atomic mass is 79.9. The van der Waals surface area contributed by atoms with E-state index in [2.05, 4.69) is 15.9 Å². The third-order valence-corrected chi connectivity index (χ3v) is 6.28. The number of hydrogen-bond acceptors (Lipinski definition) is 4. The Labute approximate surface area is 137 Å². The van der Waals surface area contributed by atoms with E-state index >= 15 is 0 Å². The fourth-order valence-corrected chi connectivity index (χ4v) is 4.94. The summed E-state index contributed by atoms with van der Waals surface area (Å²) >= 11 is 4.93. The third kappa shape index (κ3) is 4.76. The van der Waals surface area contributed by atoms with Gasteiger partial charge in [0.1, 0.15) is 5.75 Å². The van der Waals surface area contributed by atoms with Crippen molar-refractivity contribution in [3.63, 3.8) is 0 Å². The lowest BCUT2D eigenvalue weighted by atomic mass is 10.3. The number of halogens is 1. The summed E-state index contributed by atoms with van der Waals surface area (Å²) in [5, 5.41) is 0. The summed E-state index contributed by atoms with van der Waals surface area (Å²) in [6, 6.07) is 14.4. The molecule has 0 bridgehead atoms. The summed E-state index contributed by atoms with van der Waals surface area (Å²) in [5.41, 5.74) is 0. The van der Waals surface area contributed by atoms with Crippen molar-refractivity contribution in [2.24, 2.45) is 0 Å². The summed E-state index contributed by atoms with van der Waals surface area (Å²) in [5.74, 6) is 1.16. The zero-order valence-electron chi connectivity index (χ0n) is 11.5. The van der Waals surface area contributed by atoms with Crippen LogP contribution < -0.4 is 4.74 Å². The monoisotopic (exact) mass is 386 g/mol. The zero-order chi connectivity index (χ0) is 15.3. The molecule has 0 N–H and O–H groups in total. The first-order chi connectivity index (χ1) is 10.0. The number of hydrogen-bond donors (Lipinski definition) is 0. The van der Waals surface area contributed by atoms with E-state index in [9.17, 15) is 8.42 Å². The highest BCUT2D eigenvalue weighted by Gasteiger charge is 2.15. The summed E-state index contributed by atoms with van der Waals surface area (Å²) in [6.45, 7) is 0. The number of methoxy groups -OCH3 is 1. The second kappa shape index (κ2) is 7.33. The van der Waals surface area contributed by atoms with Gasteiger partial charge < -0.3 is 4.74 Å². The predicted molar refractivity (Wildman–Crippen MR) is 89.9 cm³/mol. The van der Waals surface area contributed by atoms with E-state index in [0.717, 1.165) is 9.37 Å². The van der Waals surface area contributed by atoms with Crippen molar-refractivity contribution in [1.82, 2.24) is 0 Å². The molecule has 0 saturated carbocycles. The molecule has 2 aromatic rings. The Balaban J connectivity index is 2.01. The van der Waals surface area contributed by atoms with E-state index in [-0.39, 0.29) is 5.75 Å². The van der Waals surface area contributed by atoms with E-state index in [1.807, 2.05) is 24.3 Å². The fraction of sp³-hybridized carbons (Fsp3) is 0.200. The molecule has 112 valence electrons. The van der Waals surface area contributed by atoms with Gasteiger partial charge in [-0.2, -0.15) is 0 Å².